The third-order valence-corrected chi connectivity index (χ3v) is 4.04. The van der Waals surface area contributed by atoms with E-state index in [1.807, 2.05) is 6.07 Å². The highest BCUT2D eigenvalue weighted by Crippen LogP contribution is 2.32. The van der Waals surface area contributed by atoms with E-state index in [1.165, 1.54) is 6.92 Å². The minimum atomic E-state index is -3.38. The Morgan fingerprint density at radius 2 is 2.07 bits per heavy atom. The lowest BCUT2D eigenvalue weighted by atomic mass is 10.2. The summed E-state index contributed by atoms with van der Waals surface area (Å²) in [5, 5.41) is 10.1. The lowest BCUT2D eigenvalue weighted by Crippen LogP contribution is -2.43. The van der Waals surface area contributed by atoms with E-state index in [0.29, 0.717) is 0 Å². The molecule has 0 aromatic carbocycles. The quantitative estimate of drug-likeness (QED) is 0.726. The van der Waals surface area contributed by atoms with Gasteiger partial charge < -0.3 is 5.32 Å². The summed E-state index contributed by atoms with van der Waals surface area (Å²) in [6.07, 6.45) is 2.85. The number of hydrogen-bond acceptors (Lipinski definition) is 4. The predicted molar refractivity (Wildman–Crippen MR) is 54.6 cm³/mol. The van der Waals surface area contributed by atoms with Crippen LogP contribution in [0.2, 0.25) is 0 Å². The largest absolute Gasteiger partial charge is 0.339 e. The molecule has 1 fully saturated rings. The number of carbonyl (C=O) groups excluding carboxylic acids is 1. The zero-order valence-corrected chi connectivity index (χ0v) is 9.54. The Balaban J connectivity index is 2.58. The lowest BCUT2D eigenvalue weighted by molar-refractivity contribution is -0.120. The fraction of sp³-hybridized carbons (Fsp3) is 0.778. The molecule has 1 N–H and O–H groups in total. The summed E-state index contributed by atoms with van der Waals surface area (Å²) in [5.41, 5.74) is 0. The molecule has 0 spiro atoms. The van der Waals surface area contributed by atoms with Gasteiger partial charge in [-0.3, -0.25) is 4.79 Å². The van der Waals surface area contributed by atoms with Crippen molar-refractivity contribution in [3.05, 3.63) is 0 Å². The number of carbonyl (C=O) groups is 1. The van der Waals surface area contributed by atoms with E-state index >= 15 is 0 Å². The number of nitriles is 1. The summed E-state index contributed by atoms with van der Waals surface area (Å²) in [6.45, 7) is 1.33. The van der Waals surface area contributed by atoms with Crippen molar-refractivity contribution >= 4 is 15.7 Å². The number of hydrogen-bond donors (Lipinski definition) is 1. The maximum absolute atomic E-state index is 11.4. The number of amides is 1. The van der Waals surface area contributed by atoms with Crippen LogP contribution in [0.1, 0.15) is 19.8 Å². The van der Waals surface area contributed by atoms with E-state index in [2.05, 4.69) is 5.32 Å². The number of rotatable bonds is 4. The monoisotopic (exact) mass is 230 g/mol. The Labute approximate surface area is 89.4 Å². The van der Waals surface area contributed by atoms with Crippen LogP contribution in [0, 0.1) is 17.2 Å². The fourth-order valence-corrected chi connectivity index (χ4v) is 1.61. The number of sulfone groups is 1. The first-order valence-electron chi connectivity index (χ1n) is 4.75. The molecule has 1 saturated carbocycles. The van der Waals surface area contributed by atoms with Crippen molar-refractivity contribution in [2.24, 2.45) is 5.92 Å². The molecule has 1 rings (SSSR count). The molecule has 0 heterocycles. The van der Waals surface area contributed by atoms with Gasteiger partial charge in [-0.05, 0) is 25.7 Å². The molecular weight excluding hydrogens is 216 g/mol. The molecule has 5 nitrogen and oxygen atoms in total. The first-order valence-corrected chi connectivity index (χ1v) is 6.70. The molecule has 2 unspecified atom stereocenters. The Bertz CT molecular complexity index is 392. The maximum Gasteiger partial charge on any atom is 0.239 e. The van der Waals surface area contributed by atoms with E-state index in [-0.39, 0.29) is 5.92 Å². The van der Waals surface area contributed by atoms with Crippen molar-refractivity contribution in [1.29, 1.82) is 5.26 Å². The Kier molecular flexibility index (Phi) is 3.35. The van der Waals surface area contributed by atoms with E-state index in [1.54, 1.807) is 0 Å². The van der Waals surface area contributed by atoms with Gasteiger partial charge in [0.2, 0.25) is 5.91 Å². The second kappa shape index (κ2) is 4.19. The minimum absolute atomic E-state index is 0.200. The topological polar surface area (TPSA) is 87.0 Å². The summed E-state index contributed by atoms with van der Waals surface area (Å²) in [6, 6.07) is 1.43. The molecule has 0 saturated heterocycles. The van der Waals surface area contributed by atoms with E-state index in [0.717, 1.165) is 19.1 Å². The lowest BCUT2D eigenvalue weighted by Gasteiger charge is -2.13. The zero-order chi connectivity index (χ0) is 11.6. The van der Waals surface area contributed by atoms with Gasteiger partial charge in [0.15, 0.2) is 9.84 Å². The molecule has 0 aromatic heterocycles. The van der Waals surface area contributed by atoms with Gasteiger partial charge in [0.1, 0.15) is 11.3 Å². The van der Waals surface area contributed by atoms with Crippen LogP contribution in [0.15, 0.2) is 0 Å². The van der Waals surface area contributed by atoms with E-state index in [4.69, 9.17) is 5.26 Å². The van der Waals surface area contributed by atoms with Gasteiger partial charge >= 0.3 is 0 Å². The van der Waals surface area contributed by atoms with Gasteiger partial charge in [0.25, 0.3) is 0 Å². The number of nitrogens with zero attached hydrogens (tertiary/aromatic N) is 1. The van der Waals surface area contributed by atoms with Crippen LogP contribution in [-0.4, -0.2) is 31.9 Å². The molecule has 1 aliphatic carbocycles. The first kappa shape index (κ1) is 12.0. The van der Waals surface area contributed by atoms with Crippen LogP contribution in [0.5, 0.6) is 0 Å². The predicted octanol–water partition coefficient (Wildman–Crippen LogP) is -0.162. The molecule has 84 valence electrons. The van der Waals surface area contributed by atoms with Gasteiger partial charge in [-0.1, -0.05) is 0 Å². The number of nitrogens with one attached hydrogen (secondary N) is 1. The van der Waals surface area contributed by atoms with Gasteiger partial charge in [-0.2, -0.15) is 5.26 Å². The summed E-state index contributed by atoms with van der Waals surface area (Å²) in [7, 11) is -3.38. The van der Waals surface area contributed by atoms with Crippen molar-refractivity contribution in [2.45, 2.75) is 31.1 Å². The molecule has 0 radical (unpaired) electrons. The average molecular weight is 230 g/mol. The van der Waals surface area contributed by atoms with Gasteiger partial charge in [0.05, 0.1) is 6.07 Å². The molecule has 2 atom stereocenters. The van der Waals surface area contributed by atoms with Crippen molar-refractivity contribution < 1.29 is 13.2 Å². The molecule has 1 amide bonds. The smallest absolute Gasteiger partial charge is 0.239 e. The molecule has 0 aromatic rings. The molecule has 1 aliphatic rings. The van der Waals surface area contributed by atoms with Crippen LogP contribution in [-0.2, 0) is 14.6 Å². The summed E-state index contributed by atoms with van der Waals surface area (Å²) in [4.78, 5) is 11.4. The van der Waals surface area contributed by atoms with E-state index < -0.39 is 27.0 Å². The summed E-state index contributed by atoms with van der Waals surface area (Å²) < 4.78 is 22.2. The van der Waals surface area contributed by atoms with Gasteiger partial charge in [-0.25, -0.2) is 8.42 Å². The highest BCUT2D eigenvalue weighted by Gasteiger charge is 2.34. The maximum atomic E-state index is 11.4. The highest BCUT2D eigenvalue weighted by molar-refractivity contribution is 7.92. The highest BCUT2D eigenvalue weighted by atomic mass is 32.2. The second-order valence-electron chi connectivity index (χ2n) is 3.92. The van der Waals surface area contributed by atoms with Crippen molar-refractivity contribution in [1.82, 2.24) is 5.32 Å². The van der Waals surface area contributed by atoms with Crippen molar-refractivity contribution in [2.75, 3.05) is 6.26 Å². The summed E-state index contributed by atoms with van der Waals surface area (Å²) in [5.74, 6) is -0.387. The van der Waals surface area contributed by atoms with E-state index in [9.17, 15) is 13.2 Å². The third kappa shape index (κ3) is 3.20. The second-order valence-corrected chi connectivity index (χ2v) is 6.29. The van der Waals surface area contributed by atoms with Gasteiger partial charge in [-0.15, -0.1) is 0 Å². The Hall–Kier alpha value is -1.09. The molecule has 0 bridgehead atoms. The summed E-state index contributed by atoms with van der Waals surface area (Å²) >= 11 is 0. The molecule has 0 aliphatic heterocycles. The fourth-order valence-electron chi connectivity index (χ4n) is 1.15. The van der Waals surface area contributed by atoms with Crippen LogP contribution >= 0.6 is 0 Å². The molecule has 6 heteroatoms. The zero-order valence-electron chi connectivity index (χ0n) is 8.73. The Morgan fingerprint density at radius 3 is 2.40 bits per heavy atom. The molecule has 15 heavy (non-hydrogen) atoms. The van der Waals surface area contributed by atoms with Crippen molar-refractivity contribution in [3.8, 4) is 6.07 Å². The normalized spacial score (nSPS) is 20.1. The standard InChI is InChI=1S/C9H14N2O3S/c1-6(15(2,13)14)9(12)11-8(5-10)7-3-4-7/h6-8H,3-4H2,1-2H3,(H,11,12). The van der Waals surface area contributed by atoms with Crippen LogP contribution in [0.4, 0.5) is 0 Å². The average Bonchev–Trinajstić information content (AvgIpc) is 2.94. The SMILES string of the molecule is CC(C(=O)NC(C#N)C1CC1)S(C)(=O)=O. The molecular formula is C9H14N2O3S. The van der Waals surface area contributed by atoms with Crippen molar-refractivity contribution in [3.63, 3.8) is 0 Å². The first-order chi connectivity index (χ1) is 6.86. The third-order valence-electron chi connectivity index (χ3n) is 2.54. The van der Waals surface area contributed by atoms with Crippen LogP contribution in [0.25, 0.3) is 0 Å². The Morgan fingerprint density at radius 1 is 1.53 bits per heavy atom. The van der Waals surface area contributed by atoms with Gasteiger partial charge in [0, 0.05) is 6.26 Å². The minimum Gasteiger partial charge on any atom is -0.339 e. The van der Waals surface area contributed by atoms with Crippen LogP contribution < -0.4 is 5.32 Å². The van der Waals surface area contributed by atoms with Crippen LogP contribution in [0.3, 0.4) is 0 Å².